The first-order chi connectivity index (χ1) is 11.6. The SMILES string of the molecule is CCCCCC[C@@H]1CCc2cc([C@@H]3CC[C@](N)(CC)C3)ccc2C1. The number of benzene rings is 1. The van der Waals surface area contributed by atoms with Gasteiger partial charge in [-0.05, 0) is 73.5 Å². The van der Waals surface area contributed by atoms with Gasteiger partial charge < -0.3 is 5.73 Å². The number of nitrogens with two attached hydrogens (primary N) is 1. The molecule has 0 bridgehead atoms. The highest BCUT2D eigenvalue weighted by molar-refractivity contribution is 5.36. The van der Waals surface area contributed by atoms with E-state index in [1.165, 1.54) is 70.6 Å². The van der Waals surface area contributed by atoms with Crippen LogP contribution >= 0.6 is 0 Å². The number of hydrogen-bond donors (Lipinski definition) is 1. The first-order valence-corrected chi connectivity index (χ1v) is 10.5. The molecule has 0 spiro atoms. The van der Waals surface area contributed by atoms with Gasteiger partial charge in [0, 0.05) is 5.54 Å². The normalized spacial score (nSPS) is 29.6. The van der Waals surface area contributed by atoms with Gasteiger partial charge in [0.05, 0.1) is 0 Å². The van der Waals surface area contributed by atoms with E-state index in [0.717, 1.165) is 12.3 Å². The Bertz CT molecular complexity index is 535. The molecule has 0 amide bonds. The van der Waals surface area contributed by atoms with Crippen molar-refractivity contribution in [1.29, 1.82) is 0 Å². The monoisotopic (exact) mass is 327 g/mol. The lowest BCUT2D eigenvalue weighted by Crippen LogP contribution is -2.35. The van der Waals surface area contributed by atoms with E-state index < -0.39 is 0 Å². The van der Waals surface area contributed by atoms with Crippen molar-refractivity contribution in [2.45, 2.75) is 102 Å². The molecule has 1 aromatic rings. The Morgan fingerprint density at radius 3 is 2.71 bits per heavy atom. The van der Waals surface area contributed by atoms with Crippen LogP contribution < -0.4 is 5.73 Å². The molecule has 24 heavy (non-hydrogen) atoms. The number of hydrogen-bond acceptors (Lipinski definition) is 1. The molecular formula is C23H37N. The second kappa shape index (κ2) is 8.04. The fourth-order valence-corrected chi connectivity index (χ4v) is 4.97. The Kier molecular flexibility index (Phi) is 6.02. The fraction of sp³-hybridized carbons (Fsp3) is 0.739. The summed E-state index contributed by atoms with van der Waals surface area (Å²) in [5.41, 5.74) is 11.5. The van der Waals surface area contributed by atoms with Crippen molar-refractivity contribution in [2.24, 2.45) is 11.7 Å². The number of rotatable bonds is 7. The van der Waals surface area contributed by atoms with E-state index in [9.17, 15) is 0 Å². The molecule has 1 heteroatoms. The van der Waals surface area contributed by atoms with Gasteiger partial charge in [0.25, 0.3) is 0 Å². The Morgan fingerprint density at radius 1 is 1.08 bits per heavy atom. The van der Waals surface area contributed by atoms with Gasteiger partial charge in [-0.3, -0.25) is 0 Å². The molecule has 2 aliphatic carbocycles. The van der Waals surface area contributed by atoms with Crippen LogP contribution in [0.15, 0.2) is 18.2 Å². The van der Waals surface area contributed by atoms with Crippen LogP contribution in [-0.4, -0.2) is 5.54 Å². The first kappa shape index (κ1) is 18.0. The van der Waals surface area contributed by atoms with Crippen LogP contribution in [0, 0.1) is 5.92 Å². The summed E-state index contributed by atoms with van der Waals surface area (Å²) in [6.07, 6.45) is 15.9. The minimum Gasteiger partial charge on any atom is -0.325 e. The lowest BCUT2D eigenvalue weighted by atomic mass is 9.79. The van der Waals surface area contributed by atoms with E-state index in [4.69, 9.17) is 5.73 Å². The smallest absolute Gasteiger partial charge is 0.0157 e. The average Bonchev–Trinajstić information content (AvgIpc) is 3.01. The third-order valence-corrected chi connectivity index (χ3v) is 6.85. The zero-order valence-corrected chi connectivity index (χ0v) is 15.9. The molecule has 134 valence electrons. The Labute approximate surface area is 149 Å². The van der Waals surface area contributed by atoms with E-state index in [2.05, 4.69) is 32.0 Å². The van der Waals surface area contributed by atoms with E-state index in [1.54, 1.807) is 16.7 Å². The van der Waals surface area contributed by atoms with Crippen LogP contribution in [0.3, 0.4) is 0 Å². The maximum absolute atomic E-state index is 6.51. The van der Waals surface area contributed by atoms with Gasteiger partial charge in [0.15, 0.2) is 0 Å². The summed E-state index contributed by atoms with van der Waals surface area (Å²) in [6.45, 7) is 4.55. The molecular weight excluding hydrogens is 290 g/mol. The standard InChI is InChI=1S/C23H37N/c1-3-5-6-7-8-18-9-10-20-16-21(12-11-19(20)15-18)22-13-14-23(24,4-2)17-22/h11-12,16,18,22H,3-10,13-15,17,24H2,1-2H3/t18-,22-,23-/m1/s1. The van der Waals surface area contributed by atoms with Gasteiger partial charge in [0.1, 0.15) is 0 Å². The van der Waals surface area contributed by atoms with Crippen molar-refractivity contribution in [3.63, 3.8) is 0 Å². The quantitative estimate of drug-likeness (QED) is 0.598. The largest absolute Gasteiger partial charge is 0.325 e. The molecule has 1 aromatic carbocycles. The van der Waals surface area contributed by atoms with Crippen LogP contribution in [0.4, 0.5) is 0 Å². The third-order valence-electron chi connectivity index (χ3n) is 6.85. The number of unbranched alkanes of at least 4 members (excludes halogenated alkanes) is 3. The zero-order valence-electron chi connectivity index (χ0n) is 15.9. The maximum Gasteiger partial charge on any atom is 0.0157 e. The highest BCUT2D eigenvalue weighted by Gasteiger charge is 2.35. The van der Waals surface area contributed by atoms with E-state index >= 15 is 0 Å². The van der Waals surface area contributed by atoms with Crippen molar-refractivity contribution in [3.8, 4) is 0 Å². The van der Waals surface area contributed by atoms with E-state index in [1.807, 2.05) is 0 Å². The highest BCUT2D eigenvalue weighted by atomic mass is 14.8. The van der Waals surface area contributed by atoms with Crippen LogP contribution in [0.25, 0.3) is 0 Å². The molecule has 0 unspecified atom stereocenters. The molecule has 0 saturated heterocycles. The second-order valence-corrected chi connectivity index (χ2v) is 8.64. The van der Waals surface area contributed by atoms with Crippen molar-refractivity contribution in [3.05, 3.63) is 34.9 Å². The second-order valence-electron chi connectivity index (χ2n) is 8.64. The van der Waals surface area contributed by atoms with Crippen LogP contribution in [0.5, 0.6) is 0 Å². The number of fused-ring (bicyclic) bond motifs is 1. The van der Waals surface area contributed by atoms with Crippen molar-refractivity contribution in [1.82, 2.24) is 0 Å². The van der Waals surface area contributed by atoms with Crippen LogP contribution in [0.1, 0.15) is 101 Å². The van der Waals surface area contributed by atoms with Gasteiger partial charge in [-0.2, -0.15) is 0 Å². The predicted octanol–water partition coefficient (Wildman–Crippen LogP) is 6.14. The lowest BCUT2D eigenvalue weighted by molar-refractivity contribution is 0.405. The van der Waals surface area contributed by atoms with Crippen LogP contribution in [0.2, 0.25) is 0 Å². The summed E-state index contributed by atoms with van der Waals surface area (Å²) >= 11 is 0. The molecule has 2 N–H and O–H groups in total. The van der Waals surface area contributed by atoms with Gasteiger partial charge in [-0.25, -0.2) is 0 Å². The van der Waals surface area contributed by atoms with Crippen molar-refractivity contribution in [2.75, 3.05) is 0 Å². The van der Waals surface area contributed by atoms with Crippen molar-refractivity contribution < 1.29 is 0 Å². The summed E-state index contributed by atoms with van der Waals surface area (Å²) < 4.78 is 0. The summed E-state index contributed by atoms with van der Waals surface area (Å²) in [5.74, 6) is 1.63. The minimum atomic E-state index is 0.101. The lowest BCUT2D eigenvalue weighted by Gasteiger charge is -2.26. The van der Waals surface area contributed by atoms with Gasteiger partial charge in [-0.1, -0.05) is 64.2 Å². The molecule has 1 fully saturated rings. The Hall–Kier alpha value is -0.820. The summed E-state index contributed by atoms with van der Waals surface area (Å²) in [7, 11) is 0. The Balaban J connectivity index is 1.58. The minimum absolute atomic E-state index is 0.101. The van der Waals surface area contributed by atoms with Crippen molar-refractivity contribution >= 4 is 0 Å². The van der Waals surface area contributed by atoms with Gasteiger partial charge >= 0.3 is 0 Å². The summed E-state index contributed by atoms with van der Waals surface area (Å²) in [5, 5.41) is 0. The molecule has 3 atom stereocenters. The molecule has 0 aromatic heterocycles. The molecule has 1 nitrogen and oxygen atoms in total. The highest BCUT2D eigenvalue weighted by Crippen LogP contribution is 2.42. The molecule has 1 saturated carbocycles. The first-order valence-electron chi connectivity index (χ1n) is 10.5. The molecule has 2 aliphatic rings. The van der Waals surface area contributed by atoms with Gasteiger partial charge in [0.2, 0.25) is 0 Å². The molecule has 0 radical (unpaired) electrons. The predicted molar refractivity (Wildman–Crippen MR) is 105 cm³/mol. The maximum atomic E-state index is 6.51. The Morgan fingerprint density at radius 2 is 1.96 bits per heavy atom. The topological polar surface area (TPSA) is 26.0 Å². The van der Waals surface area contributed by atoms with Gasteiger partial charge in [-0.15, -0.1) is 0 Å². The zero-order chi connectivity index (χ0) is 17.0. The number of aryl methyl sites for hydroxylation is 1. The molecule has 0 aliphatic heterocycles. The summed E-state index contributed by atoms with van der Waals surface area (Å²) in [4.78, 5) is 0. The van der Waals surface area contributed by atoms with Crippen LogP contribution in [-0.2, 0) is 12.8 Å². The van der Waals surface area contributed by atoms with E-state index in [0.29, 0.717) is 5.92 Å². The average molecular weight is 328 g/mol. The fourth-order valence-electron chi connectivity index (χ4n) is 4.97. The summed E-state index contributed by atoms with van der Waals surface area (Å²) in [6, 6.07) is 7.41. The third kappa shape index (κ3) is 4.23. The molecule has 0 heterocycles. The molecule has 3 rings (SSSR count). The van der Waals surface area contributed by atoms with E-state index in [-0.39, 0.29) is 5.54 Å².